The summed E-state index contributed by atoms with van der Waals surface area (Å²) in [5, 5.41) is 0. The first kappa shape index (κ1) is 22.4. The fraction of sp³-hybridized carbons (Fsp3) is 0.333. The summed E-state index contributed by atoms with van der Waals surface area (Å²) in [5.74, 6) is 0.489. The Morgan fingerprint density at radius 3 is 2.15 bits per heavy atom. The predicted molar refractivity (Wildman–Crippen MR) is 90.3 cm³/mol. The Balaban J connectivity index is 0. The van der Waals surface area contributed by atoms with Gasteiger partial charge in [0.1, 0.15) is 0 Å². The molecule has 0 radical (unpaired) electrons. The molecule has 0 N–H and O–H groups in total. The number of benzene rings is 1. The van der Waals surface area contributed by atoms with E-state index in [-0.39, 0.29) is 37.2 Å². The summed E-state index contributed by atoms with van der Waals surface area (Å²) in [4.78, 5) is 2.26. The number of hydrogen-bond acceptors (Lipinski definition) is 1. The first-order valence-electron chi connectivity index (χ1n) is 5.96. The molecule has 112 valence electrons. The van der Waals surface area contributed by atoms with Gasteiger partial charge in [-0.05, 0) is 0 Å². The van der Waals surface area contributed by atoms with Crippen LogP contribution in [0.3, 0.4) is 0 Å². The topological polar surface area (TPSA) is 3.24 Å². The molecule has 2 rings (SSSR count). The monoisotopic (exact) mass is 371 g/mol. The molecular formula is C15H21Cl3NV. The summed E-state index contributed by atoms with van der Waals surface area (Å²) < 4.78 is 1.45. The number of hydrogen-bond donors (Lipinski definition) is 0. The van der Waals surface area contributed by atoms with E-state index in [1.54, 1.807) is 0 Å². The Morgan fingerprint density at radius 1 is 1.10 bits per heavy atom. The number of rotatable bonds is 4. The van der Waals surface area contributed by atoms with Crippen molar-refractivity contribution in [3.8, 4) is 0 Å². The average Bonchev–Trinajstić information content (AvgIpc) is 2.73. The van der Waals surface area contributed by atoms with Crippen molar-refractivity contribution in [1.82, 2.24) is 4.90 Å². The second kappa shape index (κ2) is 10.8. The van der Waals surface area contributed by atoms with Crippen LogP contribution in [0.2, 0.25) is 0 Å². The molecule has 5 heteroatoms. The van der Waals surface area contributed by atoms with Crippen molar-refractivity contribution in [3.05, 3.63) is 57.9 Å². The van der Waals surface area contributed by atoms with Gasteiger partial charge < -0.3 is 0 Å². The van der Waals surface area contributed by atoms with Crippen LogP contribution in [0.25, 0.3) is 0 Å². The summed E-state index contributed by atoms with van der Waals surface area (Å²) in [6, 6.07) is 10.8. The van der Waals surface area contributed by atoms with Crippen LogP contribution < -0.4 is 0 Å². The van der Waals surface area contributed by atoms with Crippen LogP contribution in [0.5, 0.6) is 0 Å². The van der Waals surface area contributed by atoms with E-state index in [1.165, 1.54) is 15.4 Å². The summed E-state index contributed by atoms with van der Waals surface area (Å²) in [6.45, 7) is 1.06. The summed E-state index contributed by atoms with van der Waals surface area (Å²) >= 11 is 2.73. The molecule has 20 heavy (non-hydrogen) atoms. The van der Waals surface area contributed by atoms with Gasteiger partial charge in [0.05, 0.1) is 0 Å². The first-order chi connectivity index (χ1) is 8.18. The molecule has 1 aliphatic carbocycles. The van der Waals surface area contributed by atoms with Crippen molar-refractivity contribution >= 4 is 37.2 Å². The van der Waals surface area contributed by atoms with E-state index in [0.29, 0.717) is 5.92 Å². The largest absolute Gasteiger partial charge is 0.147 e. The smallest absolute Gasteiger partial charge is 0.147 e. The summed E-state index contributed by atoms with van der Waals surface area (Å²) in [7, 11) is 4.28. The third kappa shape index (κ3) is 5.85. The molecule has 0 bridgehead atoms. The molecule has 0 amide bonds. The molecule has 0 fully saturated rings. The van der Waals surface area contributed by atoms with Crippen LogP contribution >= 0.6 is 37.2 Å². The van der Waals surface area contributed by atoms with E-state index in [4.69, 9.17) is 0 Å². The second-order valence-corrected chi connectivity index (χ2v) is 5.58. The van der Waals surface area contributed by atoms with Crippen molar-refractivity contribution in [1.29, 1.82) is 0 Å². The van der Waals surface area contributed by atoms with Gasteiger partial charge in [-0.2, -0.15) is 0 Å². The zero-order valence-corrected chi connectivity index (χ0v) is 15.5. The Morgan fingerprint density at radius 2 is 1.70 bits per heavy atom. The Kier molecular flexibility index (Phi) is 12.1. The molecule has 1 aromatic rings. The number of nitrogens with zero attached hydrogens (tertiary/aromatic N) is 1. The molecule has 1 aromatic carbocycles. The molecule has 0 aromatic heterocycles. The third-order valence-electron chi connectivity index (χ3n) is 3.07. The zero-order chi connectivity index (χ0) is 12.3. The molecule has 0 heterocycles. The molecule has 1 unspecified atom stereocenters. The fourth-order valence-electron chi connectivity index (χ4n) is 2.26. The van der Waals surface area contributed by atoms with Gasteiger partial charge in [-0.25, -0.2) is 0 Å². The van der Waals surface area contributed by atoms with Gasteiger partial charge in [0.2, 0.25) is 0 Å². The van der Waals surface area contributed by atoms with Crippen molar-refractivity contribution < 1.29 is 17.4 Å². The van der Waals surface area contributed by atoms with E-state index in [1.807, 2.05) is 0 Å². The number of halogens is 3. The Labute approximate surface area is 150 Å². The van der Waals surface area contributed by atoms with Crippen LogP contribution in [0, 0.1) is 0 Å². The molecule has 1 aliphatic rings. The molecular weight excluding hydrogens is 351 g/mol. The molecule has 0 spiro atoms. The van der Waals surface area contributed by atoms with Crippen molar-refractivity contribution in [2.75, 3.05) is 20.6 Å². The van der Waals surface area contributed by atoms with Crippen LogP contribution in [0.1, 0.15) is 17.9 Å². The van der Waals surface area contributed by atoms with Gasteiger partial charge in [-0.1, -0.05) is 0 Å². The Hall–Kier alpha value is 0.114. The van der Waals surface area contributed by atoms with E-state index in [9.17, 15) is 0 Å². The normalized spacial score (nSPS) is 14.3. The van der Waals surface area contributed by atoms with E-state index in [0.717, 1.165) is 13.0 Å². The summed E-state index contributed by atoms with van der Waals surface area (Å²) in [5.41, 5.74) is 2.89. The summed E-state index contributed by atoms with van der Waals surface area (Å²) in [6.07, 6.45) is 5.63. The van der Waals surface area contributed by atoms with Crippen molar-refractivity contribution in [3.63, 3.8) is 0 Å². The van der Waals surface area contributed by atoms with Gasteiger partial charge in [0.25, 0.3) is 0 Å². The predicted octanol–water partition coefficient (Wildman–Crippen LogP) is 4.36. The first-order valence-corrected chi connectivity index (χ1v) is 6.66. The number of likely N-dealkylation sites (N-methyl/N-ethyl adjacent to an activating group) is 1. The minimum Gasteiger partial charge on any atom is -0.147 e. The van der Waals surface area contributed by atoms with Gasteiger partial charge in [0.15, 0.2) is 0 Å². The van der Waals surface area contributed by atoms with Crippen LogP contribution in [-0.2, 0) is 17.4 Å². The van der Waals surface area contributed by atoms with Crippen LogP contribution in [0.15, 0.2) is 52.3 Å². The van der Waals surface area contributed by atoms with E-state index < -0.39 is 0 Å². The maximum absolute atomic E-state index is 2.73. The quantitative estimate of drug-likeness (QED) is 0.759. The SMILES string of the molecule is CN(C)CC(C1=[C]([V])CC=C1)c1ccccc1.Cl.Cl.Cl. The van der Waals surface area contributed by atoms with Crippen LogP contribution in [0.4, 0.5) is 0 Å². The number of allylic oxidation sites excluding steroid dienone is 3. The van der Waals surface area contributed by atoms with E-state index in [2.05, 4.69) is 78.9 Å². The average molecular weight is 373 g/mol. The fourth-order valence-corrected chi connectivity index (χ4v) is 2.79. The molecule has 1 atom stereocenters. The molecule has 0 aliphatic heterocycles. The minimum atomic E-state index is 0. The van der Waals surface area contributed by atoms with Gasteiger partial charge in [-0.15, -0.1) is 37.2 Å². The Bertz CT molecular complexity index is 444. The van der Waals surface area contributed by atoms with Crippen molar-refractivity contribution in [2.45, 2.75) is 12.3 Å². The second-order valence-electron chi connectivity index (χ2n) is 4.73. The van der Waals surface area contributed by atoms with E-state index >= 15 is 0 Å². The molecule has 0 saturated carbocycles. The minimum absolute atomic E-state index is 0. The standard InChI is InChI=1S/C15H18N.3ClH.V/c1-16(2)12-15(14-10-6-7-11-14)13-8-4-3-5-9-13;;;;/h3-6,8-10,15H,7,12H2,1-2H3;3*1H;. The molecule has 1 nitrogen and oxygen atoms in total. The van der Waals surface area contributed by atoms with Crippen LogP contribution in [-0.4, -0.2) is 25.5 Å². The molecule has 0 saturated heterocycles. The third-order valence-corrected chi connectivity index (χ3v) is 3.76. The van der Waals surface area contributed by atoms with Gasteiger partial charge in [0, 0.05) is 0 Å². The maximum Gasteiger partial charge on any atom is -0.147 e. The van der Waals surface area contributed by atoms with Gasteiger partial charge in [-0.3, -0.25) is 0 Å². The van der Waals surface area contributed by atoms with Crippen molar-refractivity contribution in [2.24, 2.45) is 0 Å². The maximum atomic E-state index is 2.73. The van der Waals surface area contributed by atoms with Gasteiger partial charge >= 0.3 is 113 Å². The zero-order valence-electron chi connectivity index (χ0n) is 11.7.